The van der Waals surface area contributed by atoms with Crippen LogP contribution >= 0.6 is 0 Å². The van der Waals surface area contributed by atoms with Gasteiger partial charge in [0.15, 0.2) is 24.6 Å². The topological polar surface area (TPSA) is 172 Å². The summed E-state index contributed by atoms with van der Waals surface area (Å²) in [5.41, 5.74) is 8.26. The smallest absolute Gasteiger partial charge is 0.303 e. The van der Waals surface area contributed by atoms with E-state index in [4.69, 9.17) is 34.0 Å². The van der Waals surface area contributed by atoms with E-state index >= 15 is 0 Å². The van der Waals surface area contributed by atoms with Crippen LogP contribution in [0, 0.1) is 0 Å². The van der Waals surface area contributed by atoms with Crippen molar-refractivity contribution >= 4 is 23.9 Å². The molecule has 0 aromatic rings. The SMILES string of the molecule is CC(=O)OC[C@H]1O[C@@H](OCCCCCCCCN=[N+]=[N-])[C@H](OC(C)=O)[C@@H](OC(C)=O)[C@H]1OC(C)=O. The number of esters is 4. The van der Waals surface area contributed by atoms with Gasteiger partial charge in [-0.2, -0.15) is 0 Å². The molecule has 0 aliphatic carbocycles. The lowest BCUT2D eigenvalue weighted by atomic mass is 9.98. The van der Waals surface area contributed by atoms with Gasteiger partial charge in [0, 0.05) is 45.8 Å². The van der Waals surface area contributed by atoms with Crippen molar-refractivity contribution in [3.63, 3.8) is 0 Å². The Bertz CT molecular complexity index is 756. The van der Waals surface area contributed by atoms with E-state index in [-0.39, 0.29) is 13.2 Å². The lowest BCUT2D eigenvalue weighted by Crippen LogP contribution is -2.63. The molecule has 0 bridgehead atoms. The molecule has 198 valence electrons. The summed E-state index contributed by atoms with van der Waals surface area (Å²) in [7, 11) is 0. The van der Waals surface area contributed by atoms with Crippen LogP contribution in [0.5, 0.6) is 0 Å². The zero-order valence-electron chi connectivity index (χ0n) is 20.7. The normalized spacial score (nSPS) is 23.5. The Kier molecular flexibility index (Phi) is 14.4. The highest BCUT2D eigenvalue weighted by Gasteiger charge is 2.52. The molecule has 13 heteroatoms. The molecule has 0 unspecified atom stereocenters. The molecule has 1 fully saturated rings. The first kappa shape index (κ1) is 30.1. The lowest BCUT2D eigenvalue weighted by molar-refractivity contribution is -0.308. The molecule has 0 spiro atoms. The van der Waals surface area contributed by atoms with Crippen LogP contribution in [-0.2, 0) is 47.6 Å². The molecule has 1 heterocycles. The summed E-state index contributed by atoms with van der Waals surface area (Å²) in [5.74, 6) is -2.65. The van der Waals surface area contributed by atoms with Gasteiger partial charge in [-0.25, -0.2) is 0 Å². The van der Waals surface area contributed by atoms with E-state index in [2.05, 4.69) is 10.0 Å². The van der Waals surface area contributed by atoms with E-state index in [0.717, 1.165) is 46.0 Å². The van der Waals surface area contributed by atoms with Crippen LogP contribution in [0.25, 0.3) is 10.4 Å². The molecule has 0 N–H and O–H groups in total. The van der Waals surface area contributed by atoms with E-state index < -0.39 is 54.6 Å². The second kappa shape index (κ2) is 16.7. The van der Waals surface area contributed by atoms with Gasteiger partial charge in [0.2, 0.25) is 0 Å². The zero-order chi connectivity index (χ0) is 26.2. The molecule has 1 saturated heterocycles. The molecule has 0 amide bonds. The van der Waals surface area contributed by atoms with Gasteiger partial charge in [0.1, 0.15) is 12.7 Å². The third kappa shape index (κ3) is 12.4. The van der Waals surface area contributed by atoms with E-state index in [1.165, 1.54) is 13.8 Å². The average molecular weight is 502 g/mol. The first-order valence-corrected chi connectivity index (χ1v) is 11.6. The monoisotopic (exact) mass is 501 g/mol. The van der Waals surface area contributed by atoms with Crippen LogP contribution in [0.2, 0.25) is 0 Å². The van der Waals surface area contributed by atoms with Gasteiger partial charge in [0.05, 0.1) is 0 Å². The highest BCUT2D eigenvalue weighted by Crippen LogP contribution is 2.30. The third-order valence-corrected chi connectivity index (χ3v) is 4.95. The number of ether oxygens (including phenoxy) is 6. The minimum absolute atomic E-state index is 0.256. The molecule has 0 radical (unpaired) electrons. The first-order valence-electron chi connectivity index (χ1n) is 11.6. The number of nitrogens with zero attached hydrogens (tertiary/aromatic N) is 3. The molecule has 0 aromatic heterocycles. The maximum absolute atomic E-state index is 11.8. The van der Waals surface area contributed by atoms with Gasteiger partial charge in [-0.3, -0.25) is 19.2 Å². The van der Waals surface area contributed by atoms with Gasteiger partial charge >= 0.3 is 23.9 Å². The van der Waals surface area contributed by atoms with Gasteiger partial charge in [0.25, 0.3) is 0 Å². The minimum atomic E-state index is -1.24. The van der Waals surface area contributed by atoms with Gasteiger partial charge in [-0.1, -0.05) is 30.8 Å². The van der Waals surface area contributed by atoms with Crippen molar-refractivity contribution in [3.8, 4) is 0 Å². The number of azide groups is 1. The predicted molar refractivity (Wildman–Crippen MR) is 120 cm³/mol. The van der Waals surface area contributed by atoms with Crippen LogP contribution in [-0.4, -0.2) is 74.3 Å². The van der Waals surface area contributed by atoms with E-state index in [0.29, 0.717) is 13.0 Å². The maximum Gasteiger partial charge on any atom is 0.303 e. The van der Waals surface area contributed by atoms with Crippen molar-refractivity contribution in [1.29, 1.82) is 0 Å². The van der Waals surface area contributed by atoms with Gasteiger partial charge < -0.3 is 28.4 Å². The quantitative estimate of drug-likeness (QED) is 0.0810. The van der Waals surface area contributed by atoms with Crippen LogP contribution < -0.4 is 0 Å². The van der Waals surface area contributed by atoms with E-state index in [9.17, 15) is 19.2 Å². The van der Waals surface area contributed by atoms with E-state index in [1.807, 2.05) is 0 Å². The Balaban J connectivity index is 2.85. The summed E-state index contributed by atoms with van der Waals surface area (Å²) in [5, 5.41) is 3.50. The number of hydrogen-bond donors (Lipinski definition) is 0. The minimum Gasteiger partial charge on any atom is -0.463 e. The van der Waals surface area contributed by atoms with Crippen molar-refractivity contribution in [3.05, 3.63) is 10.4 Å². The van der Waals surface area contributed by atoms with Crippen molar-refractivity contribution in [2.45, 2.75) is 96.9 Å². The van der Waals surface area contributed by atoms with Crippen LogP contribution in [0.3, 0.4) is 0 Å². The molecule has 1 aliphatic heterocycles. The average Bonchev–Trinajstić information content (AvgIpc) is 2.76. The fourth-order valence-electron chi connectivity index (χ4n) is 3.56. The Morgan fingerprint density at radius 1 is 0.771 bits per heavy atom. The summed E-state index contributed by atoms with van der Waals surface area (Å²) in [6.45, 7) is 5.15. The fourth-order valence-corrected chi connectivity index (χ4v) is 3.56. The number of unbranched alkanes of at least 4 members (excludes halogenated alkanes) is 5. The zero-order valence-corrected chi connectivity index (χ0v) is 20.7. The Labute approximate surface area is 204 Å². The highest BCUT2D eigenvalue weighted by atomic mass is 16.7. The molecule has 1 rings (SSSR count). The van der Waals surface area contributed by atoms with Crippen LogP contribution in [0.15, 0.2) is 5.11 Å². The van der Waals surface area contributed by atoms with E-state index in [1.54, 1.807) is 0 Å². The summed E-state index contributed by atoms with van der Waals surface area (Å²) in [4.78, 5) is 49.4. The summed E-state index contributed by atoms with van der Waals surface area (Å²) >= 11 is 0. The Morgan fingerprint density at radius 2 is 1.31 bits per heavy atom. The van der Waals surface area contributed by atoms with Gasteiger partial charge in [-0.05, 0) is 18.4 Å². The third-order valence-electron chi connectivity index (χ3n) is 4.95. The van der Waals surface area contributed by atoms with Crippen LogP contribution in [0.4, 0.5) is 0 Å². The predicted octanol–water partition coefficient (Wildman–Crippen LogP) is 2.74. The second-order valence-corrected chi connectivity index (χ2v) is 8.01. The standard InChI is InChI=1S/C22H35N3O10/c1-14(26)31-13-18-19(32-15(2)27)20(33-16(3)28)21(34-17(4)29)22(35-18)30-12-10-8-6-5-7-9-11-24-25-23/h18-22H,5-13H2,1-4H3/t18-,19+,20+,21-,22-/m1/s1. The van der Waals surface area contributed by atoms with Crippen molar-refractivity contribution in [2.24, 2.45) is 5.11 Å². The number of hydrogen-bond acceptors (Lipinski definition) is 11. The largest absolute Gasteiger partial charge is 0.463 e. The molecular weight excluding hydrogens is 466 g/mol. The molecule has 13 nitrogen and oxygen atoms in total. The Morgan fingerprint density at radius 3 is 1.89 bits per heavy atom. The number of rotatable bonds is 15. The van der Waals surface area contributed by atoms with Gasteiger partial charge in [-0.15, -0.1) is 0 Å². The molecule has 5 atom stereocenters. The van der Waals surface area contributed by atoms with Crippen LogP contribution in [0.1, 0.15) is 66.2 Å². The molecule has 1 aliphatic rings. The van der Waals surface area contributed by atoms with Crippen molar-refractivity contribution in [1.82, 2.24) is 0 Å². The molecule has 0 saturated carbocycles. The Hall–Kier alpha value is -2.89. The summed E-state index contributed by atoms with van der Waals surface area (Å²) < 4.78 is 32.8. The summed E-state index contributed by atoms with van der Waals surface area (Å²) in [6, 6.07) is 0. The maximum atomic E-state index is 11.8. The molecular formula is C22H35N3O10. The first-order chi connectivity index (χ1) is 16.6. The van der Waals surface area contributed by atoms with Crippen molar-refractivity contribution < 1.29 is 47.6 Å². The number of carbonyl (C=O) groups excluding carboxylic acids is 4. The molecule has 35 heavy (non-hydrogen) atoms. The van der Waals surface area contributed by atoms with Crippen molar-refractivity contribution in [2.75, 3.05) is 19.8 Å². The number of carbonyl (C=O) groups is 4. The lowest BCUT2D eigenvalue weighted by Gasteiger charge is -2.44. The summed E-state index contributed by atoms with van der Waals surface area (Å²) in [6.07, 6.45) is -0.547. The highest BCUT2D eigenvalue weighted by molar-refractivity contribution is 5.68. The second-order valence-electron chi connectivity index (χ2n) is 8.01. The fraction of sp³-hybridized carbons (Fsp3) is 0.818. The molecule has 0 aromatic carbocycles.